The number of aryl methyl sites for hydroxylation is 1. The van der Waals surface area contributed by atoms with Gasteiger partial charge >= 0.3 is 0 Å². The maximum absolute atomic E-state index is 12.4. The summed E-state index contributed by atoms with van der Waals surface area (Å²) in [4.78, 5) is 17.6. The largest absolute Gasteiger partial charge is 0.317 e. The molecule has 1 saturated heterocycles. The first kappa shape index (κ1) is 19.1. The van der Waals surface area contributed by atoms with Gasteiger partial charge in [-0.3, -0.25) is 4.79 Å². The molecular formula is C21H15BrClN3OS. The van der Waals surface area contributed by atoms with Crippen molar-refractivity contribution in [3.05, 3.63) is 86.5 Å². The molecule has 0 radical (unpaired) electrons. The van der Waals surface area contributed by atoms with Crippen molar-refractivity contribution in [2.45, 2.75) is 6.92 Å². The van der Waals surface area contributed by atoms with Crippen molar-refractivity contribution < 1.29 is 4.79 Å². The third kappa shape index (κ3) is 4.09. The number of thioether (sulfide) groups is 1. The van der Waals surface area contributed by atoms with E-state index in [-0.39, 0.29) is 5.91 Å². The Morgan fingerprint density at radius 1 is 1.18 bits per heavy atom. The number of rotatable bonds is 3. The minimum absolute atomic E-state index is 0.160. The Bertz CT molecular complexity index is 1120. The molecule has 1 aromatic heterocycles. The Balaban J connectivity index is 1.63. The second-order valence-corrected chi connectivity index (χ2v) is 8.57. The van der Waals surface area contributed by atoms with E-state index in [9.17, 15) is 4.79 Å². The summed E-state index contributed by atoms with van der Waals surface area (Å²) in [5, 5.41) is 3.98. The normalized spacial score (nSPS) is 16.8. The van der Waals surface area contributed by atoms with Gasteiger partial charge in [0, 0.05) is 27.1 Å². The monoisotopic (exact) mass is 471 g/mol. The molecule has 140 valence electrons. The van der Waals surface area contributed by atoms with Gasteiger partial charge in [0.1, 0.15) is 0 Å². The summed E-state index contributed by atoms with van der Waals surface area (Å²) in [5.74, 6) is -0.160. The number of hydrogen-bond donors (Lipinski definition) is 1. The van der Waals surface area contributed by atoms with Crippen LogP contribution in [0.4, 0.5) is 5.69 Å². The molecule has 1 N–H and O–H groups in total. The first-order chi connectivity index (χ1) is 13.5. The topological polar surface area (TPSA) is 46.4 Å². The number of aromatic nitrogens is 1. The lowest BCUT2D eigenvalue weighted by atomic mass is 10.2. The molecule has 0 spiro atoms. The van der Waals surface area contributed by atoms with Gasteiger partial charge in [0.05, 0.1) is 10.6 Å². The highest BCUT2D eigenvalue weighted by Gasteiger charge is 2.24. The highest BCUT2D eigenvalue weighted by atomic mass is 79.9. The molecule has 0 atom stereocenters. The van der Waals surface area contributed by atoms with E-state index in [1.165, 1.54) is 11.8 Å². The Kier molecular flexibility index (Phi) is 5.44. The van der Waals surface area contributed by atoms with Crippen molar-refractivity contribution in [1.82, 2.24) is 9.88 Å². The molecule has 4 nitrogen and oxygen atoms in total. The fourth-order valence-electron chi connectivity index (χ4n) is 2.78. The summed E-state index contributed by atoms with van der Waals surface area (Å²) >= 11 is 10.8. The predicted molar refractivity (Wildman–Crippen MR) is 120 cm³/mol. The van der Waals surface area contributed by atoms with E-state index < -0.39 is 0 Å². The molecule has 3 aromatic rings. The Hall–Kier alpha value is -2.28. The first-order valence-electron chi connectivity index (χ1n) is 8.49. The van der Waals surface area contributed by atoms with E-state index >= 15 is 0 Å². The van der Waals surface area contributed by atoms with Gasteiger partial charge in [-0.05, 0) is 78.9 Å². The smallest absolute Gasteiger partial charge is 0.264 e. The highest BCUT2D eigenvalue weighted by molar-refractivity contribution is 9.10. The lowest BCUT2D eigenvalue weighted by molar-refractivity contribution is -0.115. The lowest BCUT2D eigenvalue weighted by Crippen LogP contribution is -2.19. The van der Waals surface area contributed by atoms with Crippen molar-refractivity contribution in [1.29, 1.82) is 0 Å². The van der Waals surface area contributed by atoms with Crippen LogP contribution in [0.3, 0.4) is 0 Å². The fraction of sp³-hybridized carbons (Fsp3) is 0.0476. The van der Waals surface area contributed by atoms with Crippen molar-refractivity contribution in [3.8, 4) is 5.69 Å². The van der Waals surface area contributed by atoms with Crippen LogP contribution in [0.2, 0.25) is 5.02 Å². The van der Waals surface area contributed by atoms with E-state index in [0.29, 0.717) is 15.1 Å². The third-order valence-corrected chi connectivity index (χ3v) is 5.88. The number of carbonyl (C=O) groups excluding carboxylic acids is 1. The van der Waals surface area contributed by atoms with Gasteiger partial charge in [0.2, 0.25) is 0 Å². The molecule has 1 aliphatic rings. The second-order valence-electron chi connectivity index (χ2n) is 6.19. The Labute approximate surface area is 180 Å². The number of amidine groups is 1. The van der Waals surface area contributed by atoms with Crippen LogP contribution < -0.4 is 5.32 Å². The van der Waals surface area contributed by atoms with Gasteiger partial charge in [0.25, 0.3) is 5.91 Å². The van der Waals surface area contributed by atoms with Gasteiger partial charge in [0.15, 0.2) is 5.17 Å². The maximum Gasteiger partial charge on any atom is 0.264 e. The van der Waals surface area contributed by atoms with Crippen molar-refractivity contribution in [3.63, 3.8) is 0 Å². The van der Waals surface area contributed by atoms with Crippen LogP contribution in [0.1, 0.15) is 11.3 Å². The van der Waals surface area contributed by atoms with E-state index in [0.717, 1.165) is 27.1 Å². The van der Waals surface area contributed by atoms with Gasteiger partial charge < -0.3 is 9.88 Å². The second kappa shape index (κ2) is 7.99. The summed E-state index contributed by atoms with van der Waals surface area (Å²) in [6.45, 7) is 1.96. The molecule has 28 heavy (non-hydrogen) atoms. The summed E-state index contributed by atoms with van der Waals surface area (Å²) in [6, 6.07) is 17.5. The SMILES string of the molecule is Cc1ccc(Cl)cc1N=C1NC(=O)/C(=C/c2cccn2-c2ccc(Br)cc2)S1. The van der Waals surface area contributed by atoms with E-state index in [4.69, 9.17) is 11.6 Å². The van der Waals surface area contributed by atoms with Crippen LogP contribution in [0.15, 0.2) is 75.2 Å². The van der Waals surface area contributed by atoms with E-state index in [1.54, 1.807) is 6.07 Å². The molecule has 0 saturated carbocycles. The lowest BCUT2D eigenvalue weighted by Gasteiger charge is -2.07. The summed E-state index contributed by atoms with van der Waals surface area (Å²) < 4.78 is 3.05. The number of hydrogen-bond acceptors (Lipinski definition) is 3. The fourth-order valence-corrected chi connectivity index (χ4v) is 4.03. The van der Waals surface area contributed by atoms with Crippen LogP contribution in [-0.4, -0.2) is 15.6 Å². The molecule has 2 heterocycles. The molecule has 1 amide bonds. The van der Waals surface area contributed by atoms with Crippen LogP contribution in [0.25, 0.3) is 11.8 Å². The minimum atomic E-state index is -0.160. The molecule has 1 aliphatic heterocycles. The number of nitrogens with zero attached hydrogens (tertiary/aromatic N) is 2. The highest BCUT2D eigenvalue weighted by Crippen LogP contribution is 2.30. The van der Waals surface area contributed by atoms with Gasteiger partial charge in [-0.2, -0.15) is 0 Å². The summed E-state index contributed by atoms with van der Waals surface area (Å²) in [5.41, 5.74) is 3.68. The molecule has 7 heteroatoms. The van der Waals surface area contributed by atoms with Gasteiger partial charge in [-0.15, -0.1) is 0 Å². The third-order valence-electron chi connectivity index (χ3n) is 4.21. The standard InChI is InChI=1S/C21H15BrClN3OS/c1-13-4-7-15(23)11-18(13)24-21-25-20(27)19(28-21)12-17-3-2-10-26(17)16-8-5-14(22)6-9-16/h2-12H,1H3,(H,24,25,27)/b19-12-. The zero-order valence-electron chi connectivity index (χ0n) is 14.8. The minimum Gasteiger partial charge on any atom is -0.317 e. The zero-order chi connectivity index (χ0) is 19.7. The number of carbonyl (C=O) groups is 1. The van der Waals surface area contributed by atoms with Crippen LogP contribution >= 0.6 is 39.3 Å². The average Bonchev–Trinajstić information content (AvgIpc) is 3.26. The summed E-state index contributed by atoms with van der Waals surface area (Å²) in [7, 11) is 0. The van der Waals surface area contributed by atoms with Crippen molar-refractivity contribution >= 4 is 62.1 Å². The predicted octanol–water partition coefficient (Wildman–Crippen LogP) is 6.09. The van der Waals surface area contributed by atoms with Crippen LogP contribution in [0, 0.1) is 6.92 Å². The quantitative estimate of drug-likeness (QED) is 0.469. The number of halogens is 2. The van der Waals surface area contributed by atoms with Crippen LogP contribution in [0.5, 0.6) is 0 Å². The number of aliphatic imine (C=N–C) groups is 1. The van der Waals surface area contributed by atoms with Crippen molar-refractivity contribution in [2.24, 2.45) is 4.99 Å². The maximum atomic E-state index is 12.4. The summed E-state index contributed by atoms with van der Waals surface area (Å²) in [6.07, 6.45) is 3.84. The number of amides is 1. The molecule has 0 aliphatic carbocycles. The number of benzene rings is 2. The molecule has 1 fully saturated rings. The zero-order valence-corrected chi connectivity index (χ0v) is 18.0. The average molecular weight is 473 g/mol. The molecule has 0 unspecified atom stereocenters. The molecule has 2 aromatic carbocycles. The van der Waals surface area contributed by atoms with Gasteiger partial charge in [-0.1, -0.05) is 33.6 Å². The first-order valence-corrected chi connectivity index (χ1v) is 10.5. The van der Waals surface area contributed by atoms with Crippen LogP contribution in [-0.2, 0) is 4.79 Å². The van der Waals surface area contributed by atoms with E-state index in [2.05, 4.69) is 26.2 Å². The molecular weight excluding hydrogens is 458 g/mol. The Morgan fingerprint density at radius 3 is 2.75 bits per heavy atom. The van der Waals surface area contributed by atoms with Gasteiger partial charge in [-0.25, -0.2) is 4.99 Å². The Morgan fingerprint density at radius 2 is 1.96 bits per heavy atom. The molecule has 4 rings (SSSR count). The number of nitrogens with one attached hydrogen (secondary N) is 1. The molecule has 0 bridgehead atoms. The van der Waals surface area contributed by atoms with Crippen molar-refractivity contribution in [2.75, 3.05) is 0 Å². The van der Waals surface area contributed by atoms with E-state index in [1.807, 2.05) is 72.3 Å².